The van der Waals surface area contributed by atoms with Crippen LogP contribution in [0.2, 0.25) is 0 Å². The van der Waals surface area contributed by atoms with Crippen LogP contribution in [0.5, 0.6) is 11.5 Å². The van der Waals surface area contributed by atoms with Crippen LogP contribution in [0.25, 0.3) is 0 Å². The molecular formula is C20H36N4O2. The minimum atomic E-state index is 0.103. The minimum Gasteiger partial charge on any atom is -0.490 e. The zero-order valence-electron chi connectivity index (χ0n) is 17.3. The van der Waals surface area contributed by atoms with Crippen LogP contribution in [0.15, 0.2) is 23.2 Å². The van der Waals surface area contributed by atoms with E-state index in [-0.39, 0.29) is 6.04 Å². The van der Waals surface area contributed by atoms with E-state index in [0.29, 0.717) is 13.2 Å². The van der Waals surface area contributed by atoms with Crippen LogP contribution in [0, 0.1) is 0 Å². The summed E-state index contributed by atoms with van der Waals surface area (Å²) < 4.78 is 11.4. The van der Waals surface area contributed by atoms with Gasteiger partial charge in [-0.05, 0) is 59.0 Å². The van der Waals surface area contributed by atoms with E-state index in [2.05, 4.69) is 54.4 Å². The molecule has 26 heavy (non-hydrogen) atoms. The maximum Gasteiger partial charge on any atom is 0.191 e. The topological polar surface area (TPSA) is 58.1 Å². The molecule has 148 valence electrons. The summed E-state index contributed by atoms with van der Waals surface area (Å²) in [6.07, 6.45) is 0. The normalized spacial score (nSPS) is 12.8. The van der Waals surface area contributed by atoms with Gasteiger partial charge >= 0.3 is 0 Å². The van der Waals surface area contributed by atoms with Crippen LogP contribution in [-0.2, 0) is 0 Å². The summed E-state index contributed by atoms with van der Waals surface area (Å²) in [5.41, 5.74) is 1.13. The van der Waals surface area contributed by atoms with Gasteiger partial charge in [-0.3, -0.25) is 4.99 Å². The maximum absolute atomic E-state index is 5.73. The van der Waals surface area contributed by atoms with E-state index >= 15 is 0 Å². The number of hydrogen-bond acceptors (Lipinski definition) is 4. The summed E-state index contributed by atoms with van der Waals surface area (Å²) in [6.45, 7) is 15.1. The van der Waals surface area contributed by atoms with Crippen molar-refractivity contribution in [3.05, 3.63) is 23.8 Å². The Kier molecular flexibility index (Phi) is 10.5. The lowest BCUT2D eigenvalue weighted by molar-refractivity contribution is 0.287. The van der Waals surface area contributed by atoms with Gasteiger partial charge in [0.05, 0.1) is 25.8 Å². The molecule has 6 nitrogen and oxygen atoms in total. The molecule has 0 amide bonds. The fourth-order valence-corrected chi connectivity index (χ4v) is 2.44. The average molecular weight is 365 g/mol. The van der Waals surface area contributed by atoms with Crippen LogP contribution in [0.1, 0.15) is 46.2 Å². The Morgan fingerprint density at radius 1 is 1.12 bits per heavy atom. The maximum atomic E-state index is 5.73. The number of guanidine groups is 1. The van der Waals surface area contributed by atoms with Crippen molar-refractivity contribution in [1.29, 1.82) is 0 Å². The molecule has 0 aromatic heterocycles. The second-order valence-electron chi connectivity index (χ2n) is 6.09. The highest BCUT2D eigenvalue weighted by atomic mass is 16.5. The van der Waals surface area contributed by atoms with Crippen molar-refractivity contribution in [3.8, 4) is 11.5 Å². The highest BCUT2D eigenvalue weighted by Crippen LogP contribution is 2.30. The van der Waals surface area contributed by atoms with Gasteiger partial charge in [-0.25, -0.2) is 0 Å². The molecule has 1 aromatic carbocycles. The van der Waals surface area contributed by atoms with Gasteiger partial charge in [-0.1, -0.05) is 13.0 Å². The summed E-state index contributed by atoms with van der Waals surface area (Å²) in [5.74, 6) is 2.40. The van der Waals surface area contributed by atoms with E-state index in [1.807, 2.05) is 26.0 Å². The largest absolute Gasteiger partial charge is 0.490 e. The second-order valence-corrected chi connectivity index (χ2v) is 6.09. The number of ether oxygens (including phenoxy) is 2. The minimum absolute atomic E-state index is 0.103. The summed E-state index contributed by atoms with van der Waals surface area (Å²) >= 11 is 0. The molecule has 0 spiro atoms. The number of rotatable bonds is 11. The van der Waals surface area contributed by atoms with Crippen LogP contribution >= 0.6 is 0 Å². The third-order valence-corrected chi connectivity index (χ3v) is 4.06. The smallest absolute Gasteiger partial charge is 0.191 e. The number of nitrogens with one attached hydrogen (secondary N) is 2. The molecule has 1 unspecified atom stereocenters. The van der Waals surface area contributed by atoms with Gasteiger partial charge in [0.15, 0.2) is 17.5 Å². The molecule has 0 aliphatic carbocycles. The average Bonchev–Trinajstić information content (AvgIpc) is 2.63. The molecule has 0 radical (unpaired) electrons. The van der Waals surface area contributed by atoms with Crippen LogP contribution in [-0.4, -0.2) is 57.3 Å². The lowest BCUT2D eigenvalue weighted by Gasteiger charge is -2.20. The first-order chi connectivity index (χ1) is 12.5. The Balaban J connectivity index is 2.82. The fourth-order valence-electron chi connectivity index (χ4n) is 2.44. The van der Waals surface area contributed by atoms with Crippen molar-refractivity contribution in [2.45, 2.75) is 40.7 Å². The Bertz CT molecular complexity index is 549. The standard InChI is InChI=1S/C20H36N4O2/c1-7-21-20(22-13-14-24(6)8-2)23-16(5)17-11-12-18(25-9-3)19(15-17)26-10-4/h11-12,15-16H,7-10,13-14H2,1-6H3,(H2,21,22,23). The zero-order valence-corrected chi connectivity index (χ0v) is 17.3. The van der Waals surface area contributed by atoms with Gasteiger partial charge in [0, 0.05) is 13.1 Å². The third kappa shape index (κ3) is 7.52. The van der Waals surface area contributed by atoms with Crippen LogP contribution in [0.3, 0.4) is 0 Å². The first kappa shape index (κ1) is 22.1. The monoisotopic (exact) mass is 364 g/mol. The molecule has 0 aliphatic rings. The Morgan fingerprint density at radius 3 is 2.42 bits per heavy atom. The molecule has 0 aliphatic heterocycles. The molecule has 0 heterocycles. The molecule has 1 aromatic rings. The van der Waals surface area contributed by atoms with Crippen LogP contribution in [0.4, 0.5) is 0 Å². The fraction of sp³-hybridized carbons (Fsp3) is 0.650. The summed E-state index contributed by atoms with van der Waals surface area (Å²) in [5, 5.41) is 6.78. The number of hydrogen-bond donors (Lipinski definition) is 2. The molecule has 0 saturated heterocycles. The quantitative estimate of drug-likeness (QED) is 0.467. The van der Waals surface area contributed by atoms with Gasteiger partial charge in [-0.2, -0.15) is 0 Å². The Morgan fingerprint density at radius 2 is 1.81 bits per heavy atom. The Labute approximate surface area is 159 Å². The van der Waals surface area contributed by atoms with Crippen LogP contribution < -0.4 is 20.1 Å². The van der Waals surface area contributed by atoms with Crippen molar-refractivity contribution in [2.75, 3.05) is 46.4 Å². The lowest BCUT2D eigenvalue weighted by atomic mass is 10.1. The van der Waals surface area contributed by atoms with Gasteiger partial charge in [0.2, 0.25) is 0 Å². The summed E-state index contributed by atoms with van der Waals surface area (Å²) in [4.78, 5) is 6.92. The number of likely N-dealkylation sites (N-methyl/N-ethyl adjacent to an activating group) is 1. The number of nitrogens with zero attached hydrogens (tertiary/aromatic N) is 2. The summed E-state index contributed by atoms with van der Waals surface area (Å²) in [6, 6.07) is 6.19. The lowest BCUT2D eigenvalue weighted by Crippen LogP contribution is -2.39. The predicted molar refractivity (Wildman–Crippen MR) is 109 cm³/mol. The number of aliphatic imine (C=N–C) groups is 1. The zero-order chi connectivity index (χ0) is 19.4. The van der Waals surface area contributed by atoms with E-state index in [1.165, 1.54) is 0 Å². The highest BCUT2D eigenvalue weighted by molar-refractivity contribution is 5.80. The molecule has 0 bridgehead atoms. The molecule has 1 atom stereocenters. The van der Waals surface area contributed by atoms with E-state index in [4.69, 9.17) is 9.47 Å². The van der Waals surface area contributed by atoms with E-state index in [9.17, 15) is 0 Å². The van der Waals surface area contributed by atoms with Crippen molar-refractivity contribution in [2.24, 2.45) is 4.99 Å². The van der Waals surface area contributed by atoms with Gasteiger partial charge in [0.25, 0.3) is 0 Å². The van der Waals surface area contributed by atoms with Gasteiger partial charge in [0.1, 0.15) is 0 Å². The third-order valence-electron chi connectivity index (χ3n) is 4.06. The number of benzene rings is 1. The molecule has 2 N–H and O–H groups in total. The van der Waals surface area contributed by atoms with Gasteiger partial charge < -0.3 is 25.0 Å². The van der Waals surface area contributed by atoms with Crippen molar-refractivity contribution in [1.82, 2.24) is 15.5 Å². The van der Waals surface area contributed by atoms with Crippen molar-refractivity contribution >= 4 is 5.96 Å². The van der Waals surface area contributed by atoms with Crippen molar-refractivity contribution in [3.63, 3.8) is 0 Å². The SMILES string of the molecule is CCNC(=NCCN(C)CC)NC(C)c1ccc(OCC)c(OCC)c1. The molecule has 6 heteroatoms. The van der Waals surface area contributed by atoms with E-state index in [1.54, 1.807) is 0 Å². The summed E-state index contributed by atoms with van der Waals surface area (Å²) in [7, 11) is 2.10. The molecular weight excluding hydrogens is 328 g/mol. The second kappa shape index (κ2) is 12.4. The highest BCUT2D eigenvalue weighted by Gasteiger charge is 2.12. The van der Waals surface area contributed by atoms with E-state index < -0.39 is 0 Å². The van der Waals surface area contributed by atoms with E-state index in [0.717, 1.165) is 49.2 Å². The first-order valence-electron chi connectivity index (χ1n) is 9.68. The predicted octanol–water partition coefficient (Wildman–Crippen LogP) is 3.05. The van der Waals surface area contributed by atoms with Crippen molar-refractivity contribution < 1.29 is 9.47 Å². The Hall–Kier alpha value is -1.95. The molecule has 0 saturated carbocycles. The first-order valence-corrected chi connectivity index (χ1v) is 9.68. The van der Waals surface area contributed by atoms with Gasteiger partial charge in [-0.15, -0.1) is 0 Å². The molecule has 0 fully saturated rings. The molecule has 1 rings (SSSR count).